The Morgan fingerprint density at radius 1 is 1.16 bits per heavy atom. The monoisotopic (exact) mass is 300 g/mol. The minimum atomic E-state index is -3.99. The molecule has 1 aliphatic rings. The van der Waals surface area contributed by atoms with Crippen LogP contribution in [0, 0.1) is 0 Å². The summed E-state index contributed by atoms with van der Waals surface area (Å²) in [5, 5.41) is 37.4. The second-order valence-electron chi connectivity index (χ2n) is 4.11. The summed E-state index contributed by atoms with van der Waals surface area (Å²) in [4.78, 5) is 10.4. The number of hydrogen-bond donors (Lipinski definition) is 6. The van der Waals surface area contributed by atoms with Crippen LogP contribution in [-0.4, -0.2) is 71.3 Å². The smallest absolute Gasteiger partial charge is 0.325 e. The first-order chi connectivity index (χ1) is 8.64. The van der Waals surface area contributed by atoms with Crippen molar-refractivity contribution >= 4 is 16.1 Å². The number of amides is 2. The van der Waals surface area contributed by atoms with Crippen LogP contribution in [0.3, 0.4) is 0 Å². The van der Waals surface area contributed by atoms with Gasteiger partial charge in [-0.1, -0.05) is 0 Å². The third kappa shape index (κ3) is 4.26. The third-order valence-corrected chi connectivity index (χ3v) is 3.90. The fraction of sp³-hybridized carbons (Fsp3) is 0.875. The second kappa shape index (κ2) is 5.98. The summed E-state index contributed by atoms with van der Waals surface area (Å²) in [6.07, 6.45) is -8.19. The van der Waals surface area contributed by atoms with Gasteiger partial charge in [-0.05, 0) is 6.42 Å². The van der Waals surface area contributed by atoms with E-state index in [2.05, 4.69) is 5.73 Å². The standard InChI is InChI=1S/C8H16N2O8S/c9-8(15)10-19(16,17)2-1-3-4(11)5(12)6(13)7(14)18-3/h3-7,11-14H,1-2H2,(H3,9,10,15)/t3-,4-,5+,6+,7?/m1/s1. The van der Waals surface area contributed by atoms with E-state index in [1.807, 2.05) is 0 Å². The largest absolute Gasteiger partial charge is 0.388 e. The summed E-state index contributed by atoms with van der Waals surface area (Å²) in [7, 11) is -3.99. The van der Waals surface area contributed by atoms with Gasteiger partial charge >= 0.3 is 6.03 Å². The molecule has 0 aliphatic carbocycles. The first kappa shape index (κ1) is 16.1. The first-order valence-corrected chi connectivity index (χ1v) is 6.97. The number of nitrogens with one attached hydrogen (secondary N) is 1. The zero-order chi connectivity index (χ0) is 14.8. The molecule has 5 atom stereocenters. The summed E-state index contributed by atoms with van der Waals surface area (Å²) in [5.74, 6) is -0.618. The molecule has 1 saturated heterocycles. The van der Waals surface area contributed by atoms with Crippen molar-refractivity contribution in [2.24, 2.45) is 5.73 Å². The highest BCUT2D eigenvalue weighted by Crippen LogP contribution is 2.22. The van der Waals surface area contributed by atoms with E-state index >= 15 is 0 Å². The number of urea groups is 1. The molecular weight excluding hydrogens is 284 g/mol. The minimum Gasteiger partial charge on any atom is -0.388 e. The molecule has 112 valence electrons. The number of aliphatic hydroxyl groups excluding tert-OH is 4. The molecule has 0 saturated carbocycles. The zero-order valence-corrected chi connectivity index (χ0v) is 10.5. The Morgan fingerprint density at radius 2 is 1.74 bits per heavy atom. The van der Waals surface area contributed by atoms with Gasteiger partial charge in [0.2, 0.25) is 10.0 Å². The van der Waals surface area contributed by atoms with Crippen molar-refractivity contribution in [3.05, 3.63) is 0 Å². The number of aliphatic hydroxyl groups is 4. The number of primary amides is 1. The van der Waals surface area contributed by atoms with Crippen molar-refractivity contribution in [1.82, 2.24) is 4.72 Å². The molecule has 0 aromatic heterocycles. The number of carbonyl (C=O) groups excluding carboxylic acids is 1. The second-order valence-corrected chi connectivity index (χ2v) is 5.95. The molecule has 1 heterocycles. The molecule has 19 heavy (non-hydrogen) atoms. The topological polar surface area (TPSA) is 179 Å². The fourth-order valence-corrected chi connectivity index (χ4v) is 2.60. The maximum absolute atomic E-state index is 11.3. The number of rotatable bonds is 4. The maximum Gasteiger partial charge on any atom is 0.325 e. The highest BCUT2D eigenvalue weighted by Gasteiger charge is 2.43. The van der Waals surface area contributed by atoms with Gasteiger partial charge in [0.05, 0.1) is 11.9 Å². The fourth-order valence-electron chi connectivity index (χ4n) is 1.65. The molecule has 0 aromatic carbocycles. The number of sulfonamides is 1. The molecule has 1 rings (SSSR count). The van der Waals surface area contributed by atoms with Crippen molar-refractivity contribution in [3.63, 3.8) is 0 Å². The Morgan fingerprint density at radius 3 is 2.26 bits per heavy atom. The van der Waals surface area contributed by atoms with Gasteiger partial charge in [-0.3, -0.25) is 0 Å². The maximum atomic E-state index is 11.3. The molecule has 0 spiro atoms. The van der Waals surface area contributed by atoms with Crippen LogP contribution in [0.1, 0.15) is 6.42 Å². The van der Waals surface area contributed by atoms with Gasteiger partial charge in [0, 0.05) is 0 Å². The Bertz CT molecular complexity index is 426. The Balaban J connectivity index is 2.60. The quantitative estimate of drug-likeness (QED) is 0.305. The third-order valence-electron chi connectivity index (χ3n) is 2.61. The lowest BCUT2D eigenvalue weighted by Gasteiger charge is -2.38. The van der Waals surface area contributed by atoms with Gasteiger partial charge in [-0.15, -0.1) is 0 Å². The summed E-state index contributed by atoms with van der Waals surface area (Å²) in [5.41, 5.74) is 4.65. The van der Waals surface area contributed by atoms with Crippen LogP contribution < -0.4 is 10.5 Å². The van der Waals surface area contributed by atoms with E-state index in [-0.39, 0.29) is 6.42 Å². The predicted octanol–water partition coefficient (Wildman–Crippen LogP) is -3.83. The number of carbonyl (C=O) groups is 1. The Labute approximate surface area is 108 Å². The van der Waals surface area contributed by atoms with Crippen LogP contribution in [0.15, 0.2) is 0 Å². The lowest BCUT2D eigenvalue weighted by molar-refractivity contribution is -0.281. The Kier molecular flexibility index (Phi) is 5.06. The van der Waals surface area contributed by atoms with Gasteiger partial charge in [0.1, 0.15) is 18.3 Å². The SMILES string of the molecule is NC(=O)NS(=O)(=O)CC[C@H]1OC(O)[C@@H](O)[C@@H](O)[C@@H]1O. The lowest BCUT2D eigenvalue weighted by atomic mass is 9.97. The van der Waals surface area contributed by atoms with Crippen molar-refractivity contribution in [3.8, 4) is 0 Å². The van der Waals surface area contributed by atoms with Crippen LogP contribution in [0.2, 0.25) is 0 Å². The van der Waals surface area contributed by atoms with E-state index in [0.717, 1.165) is 0 Å². The molecule has 2 amide bonds. The number of nitrogens with two attached hydrogens (primary N) is 1. The van der Waals surface area contributed by atoms with Crippen molar-refractivity contribution in [1.29, 1.82) is 0 Å². The van der Waals surface area contributed by atoms with E-state index < -0.39 is 52.5 Å². The average molecular weight is 300 g/mol. The zero-order valence-electron chi connectivity index (χ0n) is 9.71. The van der Waals surface area contributed by atoms with Gasteiger partial charge in [0.15, 0.2) is 6.29 Å². The van der Waals surface area contributed by atoms with E-state index in [9.17, 15) is 33.6 Å². The van der Waals surface area contributed by atoms with E-state index in [0.29, 0.717) is 0 Å². The molecule has 0 aromatic rings. The van der Waals surface area contributed by atoms with Crippen LogP contribution >= 0.6 is 0 Å². The van der Waals surface area contributed by atoms with Gasteiger partial charge in [-0.25, -0.2) is 17.9 Å². The van der Waals surface area contributed by atoms with Crippen LogP contribution in [0.25, 0.3) is 0 Å². The normalized spacial score (nSPS) is 35.9. The summed E-state index contributed by atoms with van der Waals surface area (Å²) >= 11 is 0. The van der Waals surface area contributed by atoms with Crippen LogP contribution in [-0.2, 0) is 14.8 Å². The molecule has 1 aliphatic heterocycles. The average Bonchev–Trinajstić information content (AvgIpc) is 2.28. The van der Waals surface area contributed by atoms with E-state index in [1.165, 1.54) is 4.72 Å². The van der Waals surface area contributed by atoms with Gasteiger partial charge in [-0.2, -0.15) is 0 Å². The Hall–Kier alpha value is -0.980. The lowest BCUT2D eigenvalue weighted by Crippen LogP contribution is -2.57. The highest BCUT2D eigenvalue weighted by molar-refractivity contribution is 7.90. The number of hydrogen-bond acceptors (Lipinski definition) is 8. The molecule has 0 bridgehead atoms. The molecule has 1 unspecified atom stereocenters. The number of ether oxygens (including phenoxy) is 1. The molecule has 7 N–H and O–H groups in total. The minimum absolute atomic E-state index is 0.315. The molecule has 10 nitrogen and oxygen atoms in total. The first-order valence-electron chi connectivity index (χ1n) is 5.31. The van der Waals surface area contributed by atoms with Crippen molar-refractivity contribution < 1.29 is 38.4 Å². The molecular formula is C8H16N2O8S. The predicted molar refractivity (Wildman–Crippen MR) is 60.0 cm³/mol. The van der Waals surface area contributed by atoms with Gasteiger partial charge < -0.3 is 30.9 Å². The van der Waals surface area contributed by atoms with Crippen molar-refractivity contribution in [2.45, 2.75) is 37.1 Å². The van der Waals surface area contributed by atoms with E-state index in [4.69, 9.17) is 4.74 Å². The van der Waals surface area contributed by atoms with Crippen LogP contribution in [0.5, 0.6) is 0 Å². The summed E-state index contributed by atoms with van der Waals surface area (Å²) in [6, 6.07) is -1.25. The molecule has 1 fully saturated rings. The summed E-state index contributed by atoms with van der Waals surface area (Å²) in [6.45, 7) is 0. The highest BCUT2D eigenvalue weighted by atomic mass is 32.2. The molecule has 11 heteroatoms. The van der Waals surface area contributed by atoms with Crippen LogP contribution in [0.4, 0.5) is 4.79 Å². The van der Waals surface area contributed by atoms with Gasteiger partial charge in [0.25, 0.3) is 0 Å². The summed E-state index contributed by atoms with van der Waals surface area (Å²) < 4.78 is 28.9. The van der Waals surface area contributed by atoms with E-state index in [1.54, 1.807) is 0 Å². The molecule has 0 radical (unpaired) electrons. The van der Waals surface area contributed by atoms with Crippen molar-refractivity contribution in [2.75, 3.05) is 5.75 Å².